The first kappa shape index (κ1) is 15.5. The smallest absolute Gasteiger partial charge is 0.0437 e. The van der Waals surface area contributed by atoms with Crippen LogP contribution in [0.2, 0.25) is 5.02 Å². The molecule has 0 amide bonds. The molecule has 1 N–H and O–H groups in total. The van der Waals surface area contributed by atoms with Crippen molar-refractivity contribution in [3.63, 3.8) is 0 Å². The van der Waals surface area contributed by atoms with Gasteiger partial charge in [0.15, 0.2) is 0 Å². The molecule has 0 bridgehead atoms. The van der Waals surface area contributed by atoms with E-state index in [-0.39, 0.29) is 0 Å². The largest absolute Gasteiger partial charge is 0.314 e. The Bertz CT molecular complexity index is 354. The van der Waals surface area contributed by atoms with E-state index in [9.17, 15) is 0 Å². The van der Waals surface area contributed by atoms with Gasteiger partial charge in [0, 0.05) is 11.1 Å². The second kappa shape index (κ2) is 7.16. The Labute approximate surface area is 117 Å². The normalized spacial score (nSPS) is 13.6. The standard InChI is InChI=1S/C16H26ClN/c1-5-18-15(16(2,3)4)12-8-10-13-9-6-7-11-14(13)17/h6-7,9,11,15,18H,5,8,10,12H2,1-4H3. The van der Waals surface area contributed by atoms with Crippen LogP contribution in [0.25, 0.3) is 0 Å². The molecule has 0 saturated carbocycles. The van der Waals surface area contributed by atoms with E-state index in [1.54, 1.807) is 0 Å². The molecule has 102 valence electrons. The summed E-state index contributed by atoms with van der Waals surface area (Å²) in [6.45, 7) is 10.1. The molecule has 2 heteroatoms. The summed E-state index contributed by atoms with van der Waals surface area (Å²) in [5.41, 5.74) is 1.58. The Hall–Kier alpha value is -0.530. The van der Waals surface area contributed by atoms with E-state index in [2.05, 4.69) is 45.1 Å². The molecular weight excluding hydrogens is 242 g/mol. The maximum atomic E-state index is 6.18. The lowest BCUT2D eigenvalue weighted by Crippen LogP contribution is -2.40. The van der Waals surface area contributed by atoms with E-state index < -0.39 is 0 Å². The molecule has 0 aliphatic carbocycles. The lowest BCUT2D eigenvalue weighted by atomic mass is 9.83. The molecule has 0 fully saturated rings. The van der Waals surface area contributed by atoms with Gasteiger partial charge in [0.2, 0.25) is 0 Å². The van der Waals surface area contributed by atoms with Crippen molar-refractivity contribution in [2.75, 3.05) is 6.54 Å². The van der Waals surface area contributed by atoms with Crippen molar-refractivity contribution in [2.45, 2.75) is 53.0 Å². The zero-order valence-electron chi connectivity index (χ0n) is 12.1. The van der Waals surface area contributed by atoms with E-state index in [4.69, 9.17) is 11.6 Å². The molecule has 0 heterocycles. The molecule has 0 aliphatic rings. The first-order valence-electron chi connectivity index (χ1n) is 6.92. The Morgan fingerprint density at radius 3 is 2.44 bits per heavy atom. The Balaban J connectivity index is 2.47. The average molecular weight is 268 g/mol. The van der Waals surface area contributed by atoms with Crippen molar-refractivity contribution in [1.29, 1.82) is 0 Å². The van der Waals surface area contributed by atoms with Gasteiger partial charge in [-0.2, -0.15) is 0 Å². The summed E-state index contributed by atoms with van der Waals surface area (Å²) in [5.74, 6) is 0. The molecule has 1 atom stereocenters. The second-order valence-electron chi connectivity index (χ2n) is 5.96. The quantitative estimate of drug-likeness (QED) is 0.789. The maximum Gasteiger partial charge on any atom is 0.0437 e. The molecule has 1 rings (SSSR count). The molecule has 0 radical (unpaired) electrons. The number of benzene rings is 1. The minimum Gasteiger partial charge on any atom is -0.314 e. The van der Waals surface area contributed by atoms with Crippen LogP contribution in [0.3, 0.4) is 0 Å². The summed E-state index contributed by atoms with van der Waals surface area (Å²) >= 11 is 6.18. The van der Waals surface area contributed by atoms with Gasteiger partial charge in [0.25, 0.3) is 0 Å². The van der Waals surface area contributed by atoms with Gasteiger partial charge in [-0.1, -0.05) is 57.5 Å². The zero-order valence-corrected chi connectivity index (χ0v) is 12.8. The fourth-order valence-electron chi connectivity index (χ4n) is 2.29. The van der Waals surface area contributed by atoms with Crippen LogP contribution in [-0.2, 0) is 6.42 Å². The van der Waals surface area contributed by atoms with E-state index in [0.29, 0.717) is 11.5 Å². The molecule has 1 nitrogen and oxygen atoms in total. The second-order valence-corrected chi connectivity index (χ2v) is 6.37. The van der Waals surface area contributed by atoms with Gasteiger partial charge in [-0.3, -0.25) is 0 Å². The molecule has 1 aromatic rings. The number of nitrogens with one attached hydrogen (secondary N) is 1. The predicted molar refractivity (Wildman–Crippen MR) is 81.3 cm³/mol. The third kappa shape index (κ3) is 4.99. The number of hydrogen-bond acceptors (Lipinski definition) is 1. The third-order valence-electron chi connectivity index (χ3n) is 3.39. The van der Waals surface area contributed by atoms with Gasteiger partial charge < -0.3 is 5.32 Å². The van der Waals surface area contributed by atoms with Crippen LogP contribution < -0.4 is 5.32 Å². The van der Waals surface area contributed by atoms with Crippen molar-refractivity contribution in [1.82, 2.24) is 5.32 Å². The SMILES string of the molecule is CCNC(CCCc1ccccc1Cl)C(C)(C)C. The number of halogens is 1. The van der Waals surface area contributed by atoms with Crippen LogP contribution in [-0.4, -0.2) is 12.6 Å². The number of hydrogen-bond donors (Lipinski definition) is 1. The minimum absolute atomic E-state index is 0.316. The molecule has 0 saturated heterocycles. The number of rotatable bonds is 6. The van der Waals surface area contributed by atoms with Gasteiger partial charge in [-0.25, -0.2) is 0 Å². The summed E-state index contributed by atoms with van der Waals surface area (Å²) in [5, 5.41) is 4.49. The van der Waals surface area contributed by atoms with Gasteiger partial charge in [0.1, 0.15) is 0 Å². The highest BCUT2D eigenvalue weighted by Gasteiger charge is 2.22. The predicted octanol–water partition coefficient (Wildman–Crippen LogP) is 4.69. The number of aryl methyl sites for hydroxylation is 1. The fourth-order valence-corrected chi connectivity index (χ4v) is 2.52. The van der Waals surface area contributed by atoms with E-state index >= 15 is 0 Å². The Morgan fingerprint density at radius 1 is 1.22 bits per heavy atom. The van der Waals surface area contributed by atoms with Crippen molar-refractivity contribution in [3.8, 4) is 0 Å². The summed E-state index contributed by atoms with van der Waals surface area (Å²) in [4.78, 5) is 0. The first-order valence-corrected chi connectivity index (χ1v) is 7.29. The molecule has 1 unspecified atom stereocenters. The van der Waals surface area contributed by atoms with Crippen molar-refractivity contribution in [3.05, 3.63) is 34.9 Å². The van der Waals surface area contributed by atoms with Crippen molar-refractivity contribution in [2.24, 2.45) is 5.41 Å². The summed E-state index contributed by atoms with van der Waals surface area (Å²) in [7, 11) is 0. The van der Waals surface area contributed by atoms with Crippen LogP contribution in [0.4, 0.5) is 0 Å². The van der Waals surface area contributed by atoms with Gasteiger partial charge >= 0.3 is 0 Å². The van der Waals surface area contributed by atoms with Crippen LogP contribution >= 0.6 is 11.6 Å². The maximum absolute atomic E-state index is 6.18. The zero-order chi connectivity index (χ0) is 13.6. The van der Waals surface area contributed by atoms with E-state index in [1.807, 2.05) is 12.1 Å². The summed E-state index contributed by atoms with van der Waals surface area (Å²) in [6, 6.07) is 8.73. The summed E-state index contributed by atoms with van der Waals surface area (Å²) < 4.78 is 0. The molecule has 0 aromatic heterocycles. The lowest BCUT2D eigenvalue weighted by Gasteiger charge is -2.31. The van der Waals surface area contributed by atoms with Crippen molar-refractivity contribution >= 4 is 11.6 Å². The molecule has 1 aromatic carbocycles. The fraction of sp³-hybridized carbons (Fsp3) is 0.625. The van der Waals surface area contributed by atoms with Gasteiger partial charge in [-0.05, 0) is 42.9 Å². The molecule has 0 spiro atoms. The van der Waals surface area contributed by atoms with Gasteiger partial charge in [0.05, 0.1) is 0 Å². The topological polar surface area (TPSA) is 12.0 Å². The van der Waals surface area contributed by atoms with Crippen molar-refractivity contribution < 1.29 is 0 Å². The summed E-state index contributed by atoms with van der Waals surface area (Å²) in [6.07, 6.45) is 3.44. The molecule has 0 aliphatic heterocycles. The van der Waals surface area contributed by atoms with Gasteiger partial charge in [-0.15, -0.1) is 0 Å². The van der Waals surface area contributed by atoms with Crippen LogP contribution in [0, 0.1) is 5.41 Å². The average Bonchev–Trinajstić information content (AvgIpc) is 2.29. The third-order valence-corrected chi connectivity index (χ3v) is 3.76. The van der Waals surface area contributed by atoms with Crippen LogP contribution in [0.1, 0.15) is 46.1 Å². The van der Waals surface area contributed by atoms with Crippen LogP contribution in [0.5, 0.6) is 0 Å². The Morgan fingerprint density at radius 2 is 1.89 bits per heavy atom. The highest BCUT2D eigenvalue weighted by Crippen LogP contribution is 2.24. The molecule has 18 heavy (non-hydrogen) atoms. The van der Waals surface area contributed by atoms with Crippen LogP contribution in [0.15, 0.2) is 24.3 Å². The lowest BCUT2D eigenvalue weighted by molar-refractivity contribution is 0.254. The highest BCUT2D eigenvalue weighted by molar-refractivity contribution is 6.31. The Kier molecular flexibility index (Phi) is 6.17. The molecular formula is C16H26ClN. The minimum atomic E-state index is 0.316. The van der Waals surface area contributed by atoms with E-state index in [1.165, 1.54) is 18.4 Å². The highest BCUT2D eigenvalue weighted by atomic mass is 35.5. The first-order chi connectivity index (χ1) is 8.45. The monoisotopic (exact) mass is 267 g/mol. The van der Waals surface area contributed by atoms with E-state index in [0.717, 1.165) is 18.0 Å².